The molecule has 1 heterocycles. The second-order valence-electron chi connectivity index (χ2n) is 6.12. The van der Waals surface area contributed by atoms with Crippen LogP contribution >= 0.6 is 0 Å². The largest absolute Gasteiger partial charge is 0.379 e. The lowest BCUT2D eigenvalue weighted by molar-refractivity contribution is -0.385. The normalized spacial score (nSPS) is 16.0. The number of para-hydroxylation sites is 1. The Balaban J connectivity index is 1.81. The van der Waals surface area contributed by atoms with E-state index in [0.29, 0.717) is 19.8 Å². The zero-order valence-electron chi connectivity index (χ0n) is 14.3. The van der Waals surface area contributed by atoms with Crippen molar-refractivity contribution in [3.05, 3.63) is 75.8 Å². The van der Waals surface area contributed by atoms with E-state index < -0.39 is 10.8 Å². The molecule has 3 rings (SSSR count). The van der Waals surface area contributed by atoms with E-state index in [1.807, 2.05) is 30.3 Å². The van der Waals surface area contributed by atoms with Crippen molar-refractivity contribution in [1.29, 1.82) is 0 Å². The molecule has 0 aromatic heterocycles. The summed E-state index contributed by atoms with van der Waals surface area (Å²) in [5.74, 6) is -0.445. The fourth-order valence-corrected chi connectivity index (χ4v) is 3.02. The van der Waals surface area contributed by atoms with Gasteiger partial charge in [0.25, 0.3) is 11.6 Å². The van der Waals surface area contributed by atoms with Crippen LogP contribution in [0.5, 0.6) is 0 Å². The number of amides is 1. The van der Waals surface area contributed by atoms with E-state index >= 15 is 0 Å². The van der Waals surface area contributed by atoms with Gasteiger partial charge in [-0.2, -0.15) is 0 Å². The molecule has 1 aliphatic rings. The minimum absolute atomic E-state index is 0.0698. The number of hydrogen-bond acceptors (Lipinski definition) is 5. The van der Waals surface area contributed by atoms with Gasteiger partial charge in [-0.15, -0.1) is 0 Å². The summed E-state index contributed by atoms with van der Waals surface area (Å²) >= 11 is 0. The minimum atomic E-state index is -0.533. The number of nitrogens with one attached hydrogen (secondary N) is 1. The molecule has 0 spiro atoms. The van der Waals surface area contributed by atoms with Crippen LogP contribution in [-0.2, 0) is 4.74 Å². The van der Waals surface area contributed by atoms with E-state index in [1.165, 1.54) is 12.1 Å². The Bertz CT molecular complexity index is 760. The van der Waals surface area contributed by atoms with E-state index in [9.17, 15) is 14.9 Å². The first-order chi connectivity index (χ1) is 12.6. The molecule has 1 fully saturated rings. The highest BCUT2D eigenvalue weighted by Gasteiger charge is 2.24. The third-order valence-corrected chi connectivity index (χ3v) is 4.40. The van der Waals surface area contributed by atoms with Crippen LogP contribution in [0.3, 0.4) is 0 Å². The third-order valence-electron chi connectivity index (χ3n) is 4.40. The van der Waals surface area contributed by atoms with Crippen LogP contribution in [0.1, 0.15) is 22.0 Å². The van der Waals surface area contributed by atoms with Gasteiger partial charge < -0.3 is 10.1 Å². The summed E-state index contributed by atoms with van der Waals surface area (Å²) in [5, 5.41) is 14.2. The summed E-state index contributed by atoms with van der Waals surface area (Å²) in [6, 6.07) is 15.4. The van der Waals surface area contributed by atoms with Crippen LogP contribution in [0.2, 0.25) is 0 Å². The number of benzene rings is 2. The number of nitro groups is 1. The lowest BCUT2D eigenvalue weighted by Crippen LogP contribution is -2.43. The molecular weight excluding hydrogens is 334 g/mol. The number of carbonyl (C=O) groups is 1. The van der Waals surface area contributed by atoms with E-state index in [4.69, 9.17) is 4.74 Å². The molecular formula is C19H21N3O4. The highest BCUT2D eigenvalue weighted by Crippen LogP contribution is 2.20. The van der Waals surface area contributed by atoms with Gasteiger partial charge in [0, 0.05) is 25.7 Å². The standard InChI is InChI=1S/C19H21N3O4/c23-19(16-8-4-5-9-18(16)22(24)25)20-17(15-6-2-1-3-7-15)14-21-10-12-26-13-11-21/h1-9,17H,10-14H2,(H,20,23). The van der Waals surface area contributed by atoms with Crippen molar-refractivity contribution in [2.24, 2.45) is 0 Å². The molecule has 1 amide bonds. The molecule has 0 saturated carbocycles. The van der Waals surface area contributed by atoms with Gasteiger partial charge in [0.2, 0.25) is 0 Å². The van der Waals surface area contributed by atoms with Gasteiger partial charge in [-0.25, -0.2) is 0 Å². The summed E-state index contributed by atoms with van der Waals surface area (Å²) in [4.78, 5) is 25.6. The Kier molecular flexibility index (Phi) is 5.93. The maximum atomic E-state index is 12.7. The zero-order valence-corrected chi connectivity index (χ0v) is 14.3. The number of carbonyl (C=O) groups excluding carboxylic acids is 1. The fraction of sp³-hybridized carbons (Fsp3) is 0.316. The molecule has 2 aromatic carbocycles. The predicted molar refractivity (Wildman–Crippen MR) is 97.0 cm³/mol. The highest BCUT2D eigenvalue weighted by molar-refractivity contribution is 5.98. The molecule has 0 bridgehead atoms. The van der Waals surface area contributed by atoms with Crippen molar-refractivity contribution in [1.82, 2.24) is 10.2 Å². The zero-order chi connectivity index (χ0) is 18.4. The van der Waals surface area contributed by atoms with Crippen molar-refractivity contribution < 1.29 is 14.5 Å². The molecule has 1 atom stereocenters. The molecule has 1 saturated heterocycles. The number of nitrogens with zero attached hydrogens (tertiary/aromatic N) is 2. The third kappa shape index (κ3) is 4.44. The quantitative estimate of drug-likeness (QED) is 0.635. The molecule has 136 valence electrons. The van der Waals surface area contributed by atoms with Gasteiger partial charge in [-0.05, 0) is 11.6 Å². The van der Waals surface area contributed by atoms with Crippen molar-refractivity contribution in [2.45, 2.75) is 6.04 Å². The number of nitro benzene ring substituents is 1. The average Bonchev–Trinajstić information content (AvgIpc) is 2.69. The van der Waals surface area contributed by atoms with Crippen LogP contribution in [0.15, 0.2) is 54.6 Å². The summed E-state index contributed by atoms with van der Waals surface area (Å²) < 4.78 is 5.38. The number of hydrogen-bond donors (Lipinski definition) is 1. The number of ether oxygens (including phenoxy) is 1. The first kappa shape index (κ1) is 18.0. The lowest BCUT2D eigenvalue weighted by atomic mass is 10.0. The Hall–Kier alpha value is -2.77. The van der Waals surface area contributed by atoms with Crippen LogP contribution in [0.4, 0.5) is 5.69 Å². The molecule has 1 unspecified atom stereocenters. The molecule has 1 N–H and O–H groups in total. The molecule has 0 radical (unpaired) electrons. The van der Waals surface area contributed by atoms with Crippen molar-refractivity contribution in [3.8, 4) is 0 Å². The van der Waals surface area contributed by atoms with Crippen LogP contribution in [0.25, 0.3) is 0 Å². The van der Waals surface area contributed by atoms with Gasteiger partial charge in [0.15, 0.2) is 0 Å². The van der Waals surface area contributed by atoms with Crippen molar-refractivity contribution in [3.63, 3.8) is 0 Å². The van der Waals surface area contributed by atoms with Crippen LogP contribution in [-0.4, -0.2) is 48.6 Å². The smallest absolute Gasteiger partial charge is 0.282 e. The van der Waals surface area contributed by atoms with Gasteiger partial charge in [0.1, 0.15) is 5.56 Å². The summed E-state index contributed by atoms with van der Waals surface area (Å²) in [7, 11) is 0. The summed E-state index contributed by atoms with van der Waals surface area (Å²) in [6.07, 6.45) is 0. The van der Waals surface area contributed by atoms with Crippen LogP contribution in [0, 0.1) is 10.1 Å². The average molecular weight is 355 g/mol. The predicted octanol–water partition coefficient (Wildman–Crippen LogP) is 2.40. The molecule has 7 nitrogen and oxygen atoms in total. The van der Waals surface area contributed by atoms with E-state index in [2.05, 4.69) is 10.2 Å². The summed E-state index contributed by atoms with van der Waals surface area (Å²) in [5.41, 5.74) is 0.842. The molecule has 26 heavy (non-hydrogen) atoms. The van der Waals surface area contributed by atoms with Crippen LogP contribution < -0.4 is 5.32 Å². The van der Waals surface area contributed by atoms with Crippen molar-refractivity contribution >= 4 is 11.6 Å². The fourth-order valence-electron chi connectivity index (χ4n) is 3.02. The Morgan fingerprint density at radius 3 is 2.46 bits per heavy atom. The molecule has 1 aliphatic heterocycles. The minimum Gasteiger partial charge on any atom is -0.379 e. The van der Waals surface area contributed by atoms with E-state index in [1.54, 1.807) is 12.1 Å². The Morgan fingerprint density at radius 2 is 1.77 bits per heavy atom. The first-order valence-electron chi connectivity index (χ1n) is 8.54. The Labute approximate surface area is 151 Å². The highest BCUT2D eigenvalue weighted by atomic mass is 16.6. The van der Waals surface area contributed by atoms with E-state index in [0.717, 1.165) is 18.7 Å². The maximum absolute atomic E-state index is 12.7. The van der Waals surface area contributed by atoms with Gasteiger partial charge >= 0.3 is 0 Å². The second-order valence-corrected chi connectivity index (χ2v) is 6.12. The SMILES string of the molecule is O=C(NC(CN1CCOCC1)c1ccccc1)c1ccccc1[N+](=O)[O-]. The van der Waals surface area contributed by atoms with Gasteiger partial charge in [-0.3, -0.25) is 19.8 Å². The van der Waals surface area contributed by atoms with Crippen molar-refractivity contribution in [2.75, 3.05) is 32.8 Å². The van der Waals surface area contributed by atoms with Gasteiger partial charge in [0.05, 0.1) is 24.2 Å². The number of morpholine rings is 1. The lowest BCUT2D eigenvalue weighted by Gasteiger charge is -2.31. The Morgan fingerprint density at radius 1 is 1.12 bits per heavy atom. The second kappa shape index (κ2) is 8.55. The topological polar surface area (TPSA) is 84.7 Å². The first-order valence-corrected chi connectivity index (χ1v) is 8.54. The molecule has 2 aromatic rings. The van der Waals surface area contributed by atoms with E-state index in [-0.39, 0.29) is 17.3 Å². The molecule has 0 aliphatic carbocycles. The number of rotatable bonds is 6. The maximum Gasteiger partial charge on any atom is 0.282 e. The monoisotopic (exact) mass is 355 g/mol. The van der Waals surface area contributed by atoms with Gasteiger partial charge in [-0.1, -0.05) is 42.5 Å². The summed E-state index contributed by atoms with van der Waals surface area (Å²) in [6.45, 7) is 3.55. The molecule has 7 heteroatoms.